The number of nitrogens with zero attached hydrogens (tertiary/aromatic N) is 2. The van der Waals surface area contributed by atoms with Gasteiger partial charge in [0.25, 0.3) is 11.8 Å². The van der Waals surface area contributed by atoms with Gasteiger partial charge in [-0.05, 0) is 57.9 Å². The second kappa shape index (κ2) is 9.11. The molecule has 1 aliphatic heterocycles. The summed E-state index contributed by atoms with van der Waals surface area (Å²) in [6.45, 7) is 8.21. The average molecular weight is 479 g/mol. The maximum absolute atomic E-state index is 13.0. The maximum atomic E-state index is 13.0. The van der Waals surface area contributed by atoms with Crippen LogP contribution in [0.3, 0.4) is 0 Å². The van der Waals surface area contributed by atoms with Crippen LogP contribution in [0.1, 0.15) is 63.8 Å². The lowest BCUT2D eigenvalue weighted by Gasteiger charge is -2.19. The lowest BCUT2D eigenvalue weighted by molar-refractivity contribution is 0.00701. The van der Waals surface area contributed by atoms with Crippen LogP contribution in [0.4, 0.5) is 0 Å². The van der Waals surface area contributed by atoms with Crippen molar-refractivity contribution in [2.75, 3.05) is 6.54 Å². The number of ether oxygens (including phenoxy) is 1. The third-order valence-corrected chi connectivity index (χ3v) is 5.90. The molecule has 0 saturated carbocycles. The van der Waals surface area contributed by atoms with E-state index >= 15 is 0 Å². The van der Waals surface area contributed by atoms with Gasteiger partial charge in [0.05, 0.1) is 16.7 Å². The second-order valence-electron chi connectivity index (χ2n) is 9.47. The van der Waals surface area contributed by atoms with E-state index in [0.717, 1.165) is 11.1 Å². The summed E-state index contributed by atoms with van der Waals surface area (Å²) in [4.78, 5) is 39.4. The van der Waals surface area contributed by atoms with Gasteiger partial charge in [0.1, 0.15) is 5.60 Å². The number of benzene rings is 2. The van der Waals surface area contributed by atoms with Crippen molar-refractivity contribution in [1.29, 1.82) is 0 Å². The predicted molar refractivity (Wildman–Crippen MR) is 131 cm³/mol. The summed E-state index contributed by atoms with van der Waals surface area (Å²) < 4.78 is 7.50. The number of aryl methyl sites for hydroxylation is 2. The molecule has 0 spiro atoms. The minimum atomic E-state index is -0.640. The molecule has 0 atom stereocenters. The van der Waals surface area contributed by atoms with Crippen LogP contribution >= 0.6 is 11.6 Å². The molecule has 0 N–H and O–H groups in total. The molecule has 0 unspecified atom stereocenters. The van der Waals surface area contributed by atoms with Gasteiger partial charge in [0.15, 0.2) is 0 Å². The molecule has 1 aliphatic rings. The lowest BCUT2D eigenvalue weighted by Crippen LogP contribution is -2.31. The van der Waals surface area contributed by atoms with Crippen molar-refractivity contribution in [1.82, 2.24) is 9.47 Å². The van der Waals surface area contributed by atoms with E-state index in [9.17, 15) is 14.4 Å². The van der Waals surface area contributed by atoms with E-state index < -0.39 is 11.6 Å². The van der Waals surface area contributed by atoms with Crippen molar-refractivity contribution in [2.45, 2.75) is 46.3 Å². The van der Waals surface area contributed by atoms with Gasteiger partial charge in [-0.3, -0.25) is 14.5 Å². The third kappa shape index (κ3) is 4.77. The number of carbonyl (C=O) groups excluding carboxylic acids is 3. The Morgan fingerprint density at radius 3 is 2.15 bits per heavy atom. The van der Waals surface area contributed by atoms with Crippen LogP contribution in [0.2, 0.25) is 5.02 Å². The van der Waals surface area contributed by atoms with E-state index in [1.54, 1.807) is 30.5 Å². The molecular weight excluding hydrogens is 452 g/mol. The van der Waals surface area contributed by atoms with E-state index in [-0.39, 0.29) is 18.4 Å². The van der Waals surface area contributed by atoms with Crippen molar-refractivity contribution >= 4 is 29.4 Å². The first-order valence-corrected chi connectivity index (χ1v) is 11.6. The number of fused-ring (bicyclic) bond motifs is 1. The first-order valence-electron chi connectivity index (χ1n) is 11.2. The third-order valence-electron chi connectivity index (χ3n) is 5.59. The zero-order chi connectivity index (χ0) is 24.6. The monoisotopic (exact) mass is 478 g/mol. The number of carbonyl (C=O) groups is 3. The summed E-state index contributed by atoms with van der Waals surface area (Å²) in [5, 5.41) is 0.550. The molecule has 1 aromatic heterocycles. The Hall–Kier alpha value is -3.38. The van der Waals surface area contributed by atoms with E-state index in [1.807, 2.05) is 56.7 Å². The highest BCUT2D eigenvalue weighted by Crippen LogP contribution is 2.33. The van der Waals surface area contributed by atoms with Gasteiger partial charge < -0.3 is 9.30 Å². The Labute approximate surface area is 204 Å². The number of imide groups is 1. The Bertz CT molecular complexity index is 1250. The molecular formula is C27H27ClN2O4. The highest BCUT2D eigenvalue weighted by atomic mass is 35.5. The molecule has 0 radical (unpaired) electrons. The fourth-order valence-corrected chi connectivity index (χ4v) is 4.38. The van der Waals surface area contributed by atoms with Gasteiger partial charge in [0, 0.05) is 41.6 Å². The summed E-state index contributed by atoms with van der Waals surface area (Å²) in [5.41, 5.74) is 3.11. The van der Waals surface area contributed by atoms with Crippen LogP contribution in [-0.4, -0.2) is 39.4 Å². The Morgan fingerprint density at radius 1 is 0.912 bits per heavy atom. The molecule has 2 aromatic carbocycles. The standard InChI is InChI=1S/C27H27ClN2O4/c1-17-10-11-18(23(28)14-17)21-15-29(16-22(21)26(33)34-27(2,3)4)12-7-13-30-24(31)19-8-5-6-9-20(19)25(30)32/h5-6,8-11,14-16H,7,12-13H2,1-4H3. The van der Waals surface area contributed by atoms with Gasteiger partial charge in [0.2, 0.25) is 0 Å². The molecule has 3 aromatic rings. The Balaban J connectivity index is 1.55. The smallest absolute Gasteiger partial charge is 0.340 e. The van der Waals surface area contributed by atoms with Crippen molar-refractivity contribution < 1.29 is 19.1 Å². The first-order chi connectivity index (χ1) is 16.0. The highest BCUT2D eigenvalue weighted by molar-refractivity contribution is 6.33. The molecule has 176 valence electrons. The van der Waals surface area contributed by atoms with Gasteiger partial charge in [-0.15, -0.1) is 0 Å². The van der Waals surface area contributed by atoms with Crippen LogP contribution in [-0.2, 0) is 11.3 Å². The number of aromatic nitrogens is 1. The van der Waals surface area contributed by atoms with Gasteiger partial charge in [-0.25, -0.2) is 4.79 Å². The average Bonchev–Trinajstić information content (AvgIpc) is 3.28. The van der Waals surface area contributed by atoms with E-state index in [2.05, 4.69) is 0 Å². The molecule has 4 rings (SSSR count). The zero-order valence-electron chi connectivity index (χ0n) is 19.7. The predicted octanol–water partition coefficient (Wildman–Crippen LogP) is 5.76. The van der Waals surface area contributed by atoms with Crippen molar-refractivity contribution in [3.8, 4) is 11.1 Å². The molecule has 7 heteroatoms. The Kier molecular flexibility index (Phi) is 6.36. The quantitative estimate of drug-likeness (QED) is 0.333. The van der Waals surface area contributed by atoms with Crippen LogP contribution in [0, 0.1) is 6.92 Å². The van der Waals surface area contributed by atoms with Crippen molar-refractivity contribution in [3.63, 3.8) is 0 Å². The fourth-order valence-electron chi connectivity index (χ4n) is 4.04. The molecule has 2 heterocycles. The van der Waals surface area contributed by atoms with Crippen LogP contribution < -0.4 is 0 Å². The van der Waals surface area contributed by atoms with Crippen molar-refractivity contribution in [2.24, 2.45) is 0 Å². The number of hydrogen-bond donors (Lipinski definition) is 0. The highest BCUT2D eigenvalue weighted by Gasteiger charge is 2.34. The van der Waals surface area contributed by atoms with Crippen LogP contribution in [0.5, 0.6) is 0 Å². The van der Waals surface area contributed by atoms with Crippen LogP contribution in [0.25, 0.3) is 11.1 Å². The molecule has 0 saturated heterocycles. The van der Waals surface area contributed by atoms with Gasteiger partial charge in [-0.2, -0.15) is 0 Å². The summed E-state index contributed by atoms with van der Waals surface area (Å²) in [5.74, 6) is -0.970. The zero-order valence-corrected chi connectivity index (χ0v) is 20.5. The lowest BCUT2D eigenvalue weighted by atomic mass is 10.0. The van der Waals surface area contributed by atoms with E-state index in [1.165, 1.54) is 4.90 Å². The number of amides is 2. The number of halogens is 1. The molecule has 2 amide bonds. The summed E-state index contributed by atoms with van der Waals surface area (Å²) in [6, 6.07) is 12.5. The second-order valence-corrected chi connectivity index (χ2v) is 9.88. The SMILES string of the molecule is Cc1ccc(-c2cn(CCCN3C(=O)c4ccccc4C3=O)cc2C(=O)OC(C)(C)C)c(Cl)c1. The molecule has 0 bridgehead atoms. The van der Waals surface area contributed by atoms with Crippen LogP contribution in [0.15, 0.2) is 54.9 Å². The molecule has 6 nitrogen and oxygen atoms in total. The number of rotatable bonds is 6. The first kappa shape index (κ1) is 23.8. The molecule has 0 fully saturated rings. The van der Waals surface area contributed by atoms with Gasteiger partial charge in [-0.1, -0.05) is 35.9 Å². The largest absolute Gasteiger partial charge is 0.456 e. The van der Waals surface area contributed by atoms with Crippen molar-refractivity contribution in [3.05, 3.63) is 82.1 Å². The summed E-state index contributed by atoms with van der Waals surface area (Å²) in [6.07, 6.45) is 4.13. The topological polar surface area (TPSA) is 68.6 Å². The molecule has 0 aliphatic carbocycles. The minimum absolute atomic E-state index is 0.269. The molecule has 34 heavy (non-hydrogen) atoms. The summed E-state index contributed by atoms with van der Waals surface area (Å²) >= 11 is 6.51. The minimum Gasteiger partial charge on any atom is -0.456 e. The maximum Gasteiger partial charge on any atom is 0.340 e. The number of esters is 1. The van der Waals surface area contributed by atoms with Gasteiger partial charge >= 0.3 is 5.97 Å². The number of hydrogen-bond acceptors (Lipinski definition) is 4. The normalized spacial score (nSPS) is 13.4. The Morgan fingerprint density at radius 2 is 1.56 bits per heavy atom. The fraction of sp³-hybridized carbons (Fsp3) is 0.296. The summed E-state index contributed by atoms with van der Waals surface area (Å²) in [7, 11) is 0. The van der Waals surface area contributed by atoms with E-state index in [0.29, 0.717) is 40.2 Å². The van der Waals surface area contributed by atoms with E-state index in [4.69, 9.17) is 16.3 Å².